The van der Waals surface area contributed by atoms with Gasteiger partial charge in [0.1, 0.15) is 0 Å². The minimum Gasteiger partial charge on any atom is -0.389 e. The summed E-state index contributed by atoms with van der Waals surface area (Å²) in [6, 6.07) is 19.2. The fourth-order valence-corrected chi connectivity index (χ4v) is 6.86. The molecule has 6 rings (SSSR count). The van der Waals surface area contributed by atoms with Gasteiger partial charge >= 0.3 is 0 Å². The van der Waals surface area contributed by atoms with Crippen molar-refractivity contribution < 1.29 is 5.11 Å². The Morgan fingerprint density at radius 3 is 2.75 bits per heavy atom. The number of rotatable bonds is 3. The van der Waals surface area contributed by atoms with Crippen molar-refractivity contribution in [2.24, 2.45) is 11.8 Å². The van der Waals surface area contributed by atoms with Crippen LogP contribution in [0.1, 0.15) is 42.5 Å². The van der Waals surface area contributed by atoms with Crippen LogP contribution in [-0.2, 0) is 12.0 Å². The Hall–Kier alpha value is -2.62. The van der Waals surface area contributed by atoms with E-state index in [1.165, 1.54) is 33.3 Å². The average molecular weight is 425 g/mol. The summed E-state index contributed by atoms with van der Waals surface area (Å²) in [5, 5.41) is 12.5. The van der Waals surface area contributed by atoms with Crippen molar-refractivity contribution in [2.45, 2.75) is 43.7 Å². The third-order valence-electron chi connectivity index (χ3n) is 8.32. The number of nitrogens with zero attached hydrogens (tertiary/aromatic N) is 1. The molecule has 0 bridgehead atoms. The predicted octanol–water partition coefficient (Wildman–Crippen LogP) is 5.67. The minimum absolute atomic E-state index is 0.0180. The molecule has 164 valence electrons. The highest BCUT2D eigenvalue weighted by Gasteiger charge is 2.51. The second-order valence-corrected chi connectivity index (χ2v) is 10.1. The molecule has 3 heteroatoms. The maximum Gasteiger partial charge on any atom is 0.0756 e. The van der Waals surface area contributed by atoms with Crippen LogP contribution in [0.15, 0.2) is 72.8 Å². The number of aliphatic hydroxyl groups is 1. The molecule has 2 aliphatic heterocycles. The van der Waals surface area contributed by atoms with E-state index in [0.717, 1.165) is 45.2 Å². The van der Waals surface area contributed by atoms with E-state index >= 15 is 0 Å². The first kappa shape index (κ1) is 20.0. The topological polar surface area (TPSA) is 39.3 Å². The number of aromatic amines is 1. The number of aromatic nitrogens is 1. The lowest BCUT2D eigenvalue weighted by atomic mass is 9.63. The molecule has 1 aromatic heterocycles. The number of benzene rings is 2. The van der Waals surface area contributed by atoms with Gasteiger partial charge in [0.25, 0.3) is 0 Å². The first-order valence-corrected chi connectivity index (χ1v) is 12.1. The Morgan fingerprint density at radius 2 is 1.91 bits per heavy atom. The molecular weight excluding hydrogens is 392 g/mol. The van der Waals surface area contributed by atoms with Gasteiger partial charge < -0.3 is 10.1 Å². The summed E-state index contributed by atoms with van der Waals surface area (Å²) >= 11 is 0. The molecule has 2 N–H and O–H groups in total. The maximum atomic E-state index is 11.1. The van der Waals surface area contributed by atoms with Crippen LogP contribution in [0.3, 0.4) is 0 Å². The standard InChI is InChI=1S/C29H32N2O/c1-2-13-29-18-22-17-27(32)21(15-20-8-4-3-5-9-20)16-23(22)19-31(29)14-12-25-24-10-6-7-11-26(24)30-28(25)29/h2-11,15,22-23,27,30,32H,1,12-14,16-19H2/t22-,23-,27-,29?/m0/s1. The van der Waals surface area contributed by atoms with Crippen molar-refractivity contribution in [1.82, 2.24) is 9.88 Å². The van der Waals surface area contributed by atoms with E-state index < -0.39 is 0 Å². The highest BCUT2D eigenvalue weighted by Crippen LogP contribution is 2.53. The molecule has 32 heavy (non-hydrogen) atoms. The second-order valence-electron chi connectivity index (χ2n) is 10.1. The first-order chi connectivity index (χ1) is 15.7. The Morgan fingerprint density at radius 1 is 1.09 bits per heavy atom. The quantitative estimate of drug-likeness (QED) is 0.532. The van der Waals surface area contributed by atoms with Crippen molar-refractivity contribution in [2.75, 3.05) is 13.1 Å². The zero-order valence-electron chi connectivity index (χ0n) is 18.6. The van der Waals surface area contributed by atoms with Crippen molar-refractivity contribution in [3.63, 3.8) is 0 Å². The normalized spacial score (nSPS) is 31.2. The molecular formula is C29H32N2O. The Bertz CT molecular complexity index is 1180. The van der Waals surface area contributed by atoms with E-state index in [-0.39, 0.29) is 11.6 Å². The molecule has 2 fully saturated rings. The van der Waals surface area contributed by atoms with Gasteiger partial charge in [-0.25, -0.2) is 0 Å². The van der Waals surface area contributed by atoms with E-state index in [1.54, 1.807) is 0 Å². The maximum absolute atomic E-state index is 11.1. The van der Waals surface area contributed by atoms with Crippen LogP contribution >= 0.6 is 0 Å². The average Bonchev–Trinajstić information content (AvgIpc) is 3.19. The summed E-state index contributed by atoms with van der Waals surface area (Å²) in [5.41, 5.74) is 6.54. The van der Waals surface area contributed by atoms with Gasteiger partial charge in [0.05, 0.1) is 11.6 Å². The highest BCUT2D eigenvalue weighted by molar-refractivity contribution is 5.85. The van der Waals surface area contributed by atoms with Gasteiger partial charge in [0.15, 0.2) is 0 Å². The van der Waals surface area contributed by atoms with Gasteiger partial charge in [-0.3, -0.25) is 4.90 Å². The summed E-state index contributed by atoms with van der Waals surface area (Å²) in [4.78, 5) is 6.57. The van der Waals surface area contributed by atoms with Gasteiger partial charge in [-0.1, -0.05) is 60.7 Å². The summed E-state index contributed by atoms with van der Waals surface area (Å²) in [7, 11) is 0. The number of piperidine rings is 1. The molecule has 3 nitrogen and oxygen atoms in total. The second kappa shape index (κ2) is 7.75. The van der Waals surface area contributed by atoms with E-state index in [0.29, 0.717) is 11.8 Å². The fourth-order valence-electron chi connectivity index (χ4n) is 6.86. The zero-order chi connectivity index (χ0) is 21.7. The number of hydrogen-bond donors (Lipinski definition) is 2. The van der Waals surface area contributed by atoms with E-state index in [2.05, 4.69) is 77.1 Å². The molecule has 4 atom stereocenters. The van der Waals surface area contributed by atoms with Crippen LogP contribution in [0, 0.1) is 11.8 Å². The van der Waals surface area contributed by atoms with Crippen molar-refractivity contribution >= 4 is 17.0 Å². The molecule has 1 saturated heterocycles. The monoisotopic (exact) mass is 424 g/mol. The molecule has 3 aliphatic rings. The first-order valence-electron chi connectivity index (χ1n) is 12.1. The summed E-state index contributed by atoms with van der Waals surface area (Å²) in [6.07, 6.45) is 9.01. The van der Waals surface area contributed by atoms with Crippen molar-refractivity contribution in [3.05, 3.63) is 89.6 Å². The van der Waals surface area contributed by atoms with Crippen LogP contribution in [0.4, 0.5) is 0 Å². The smallest absolute Gasteiger partial charge is 0.0756 e. The number of aliphatic hydroxyl groups excluding tert-OH is 1. The van der Waals surface area contributed by atoms with Crippen LogP contribution in [-0.4, -0.2) is 34.2 Å². The number of nitrogens with one attached hydrogen (secondary N) is 1. The predicted molar refractivity (Wildman–Crippen MR) is 131 cm³/mol. The lowest BCUT2D eigenvalue weighted by Crippen LogP contribution is -2.59. The van der Waals surface area contributed by atoms with Crippen LogP contribution in [0.25, 0.3) is 17.0 Å². The van der Waals surface area contributed by atoms with Gasteiger partial charge in [-0.15, -0.1) is 6.58 Å². The van der Waals surface area contributed by atoms with Gasteiger partial charge in [0, 0.05) is 29.7 Å². The number of H-pyrrole nitrogens is 1. The number of fused-ring (bicyclic) bond motifs is 6. The molecule has 1 saturated carbocycles. The summed E-state index contributed by atoms with van der Waals surface area (Å²) in [6.45, 7) is 6.35. The van der Waals surface area contributed by atoms with Crippen molar-refractivity contribution in [1.29, 1.82) is 0 Å². The molecule has 2 aromatic carbocycles. The van der Waals surface area contributed by atoms with E-state index in [4.69, 9.17) is 0 Å². The van der Waals surface area contributed by atoms with Crippen molar-refractivity contribution in [3.8, 4) is 0 Å². The lowest BCUT2D eigenvalue weighted by molar-refractivity contribution is -0.0487. The van der Waals surface area contributed by atoms with Gasteiger partial charge in [-0.2, -0.15) is 0 Å². The highest BCUT2D eigenvalue weighted by atomic mass is 16.3. The zero-order valence-corrected chi connectivity index (χ0v) is 18.6. The Balaban J connectivity index is 1.36. The molecule has 0 radical (unpaired) electrons. The molecule has 3 heterocycles. The fraction of sp³-hybridized carbons (Fsp3) is 0.379. The number of hydrogen-bond acceptors (Lipinski definition) is 2. The van der Waals surface area contributed by atoms with E-state index in [9.17, 15) is 5.11 Å². The third-order valence-corrected chi connectivity index (χ3v) is 8.32. The van der Waals surface area contributed by atoms with Crippen LogP contribution in [0.2, 0.25) is 0 Å². The summed E-state index contributed by atoms with van der Waals surface area (Å²) in [5.74, 6) is 1.14. The molecule has 0 amide bonds. The Labute approximate surface area is 190 Å². The molecule has 1 aliphatic carbocycles. The van der Waals surface area contributed by atoms with E-state index in [1.807, 2.05) is 6.07 Å². The lowest BCUT2D eigenvalue weighted by Gasteiger charge is -2.56. The number of para-hydroxylation sites is 1. The van der Waals surface area contributed by atoms with Crippen LogP contribution < -0.4 is 0 Å². The molecule has 3 aromatic rings. The van der Waals surface area contributed by atoms with Crippen LogP contribution in [0.5, 0.6) is 0 Å². The van der Waals surface area contributed by atoms with Gasteiger partial charge in [0.2, 0.25) is 0 Å². The largest absolute Gasteiger partial charge is 0.389 e. The van der Waals surface area contributed by atoms with Gasteiger partial charge in [-0.05, 0) is 66.7 Å². The minimum atomic E-state index is -0.338. The third kappa shape index (κ3) is 3.10. The molecule has 1 unspecified atom stereocenters. The Kier molecular flexibility index (Phi) is 4.85. The molecule has 0 spiro atoms. The summed E-state index contributed by atoms with van der Waals surface area (Å²) < 4.78 is 0. The SMILES string of the molecule is C=CCC12C[C@@H]3C[C@H](O)C(=Cc4ccccc4)C[C@H]3CN1CCc1c2[nH]c2ccccc12.